The van der Waals surface area contributed by atoms with Crippen molar-refractivity contribution in [2.24, 2.45) is 5.92 Å². The molecule has 0 radical (unpaired) electrons. The molecule has 0 unspecified atom stereocenters. The molecule has 118 valence electrons. The lowest BCUT2D eigenvalue weighted by Gasteiger charge is -2.29. The second-order valence-electron chi connectivity index (χ2n) is 5.14. The molecule has 0 aromatic carbocycles. The summed E-state index contributed by atoms with van der Waals surface area (Å²) in [7, 11) is -2.33. The Kier molecular flexibility index (Phi) is 4.67. The Bertz CT molecular complexity index is 623. The number of imidazole rings is 1. The Morgan fingerprint density at radius 3 is 2.81 bits per heavy atom. The van der Waals surface area contributed by atoms with Crippen LogP contribution in [0.4, 0.5) is 0 Å². The third-order valence-corrected chi connectivity index (χ3v) is 5.55. The summed E-state index contributed by atoms with van der Waals surface area (Å²) in [4.78, 5) is 15.8. The Balaban J connectivity index is 2.24. The van der Waals surface area contributed by atoms with Crippen LogP contribution in [-0.2, 0) is 26.1 Å². The first-order valence-corrected chi connectivity index (χ1v) is 8.46. The summed E-state index contributed by atoms with van der Waals surface area (Å²) in [6.45, 7) is 4.94. The SMILES string of the molecule is CCn1cc(S(=O)(=O)N2CCC[C@H](C(=O)OC)C2)nc1C. The Morgan fingerprint density at radius 1 is 1.52 bits per heavy atom. The molecule has 7 nitrogen and oxygen atoms in total. The normalized spacial score (nSPS) is 20.4. The highest BCUT2D eigenvalue weighted by Gasteiger charge is 2.35. The molecule has 1 atom stereocenters. The van der Waals surface area contributed by atoms with Crippen molar-refractivity contribution in [1.29, 1.82) is 0 Å². The topological polar surface area (TPSA) is 81.5 Å². The number of methoxy groups -OCH3 is 1. The van der Waals surface area contributed by atoms with Crippen LogP contribution >= 0.6 is 0 Å². The van der Waals surface area contributed by atoms with Crippen LogP contribution in [0.3, 0.4) is 0 Å². The number of carbonyl (C=O) groups is 1. The van der Waals surface area contributed by atoms with Crippen LogP contribution < -0.4 is 0 Å². The summed E-state index contributed by atoms with van der Waals surface area (Å²) >= 11 is 0. The lowest BCUT2D eigenvalue weighted by atomic mass is 10.0. The van der Waals surface area contributed by atoms with Gasteiger partial charge in [0.05, 0.1) is 13.0 Å². The van der Waals surface area contributed by atoms with E-state index in [0.29, 0.717) is 31.8 Å². The Hall–Kier alpha value is -1.41. The van der Waals surface area contributed by atoms with Gasteiger partial charge in [0.25, 0.3) is 10.0 Å². The molecule has 1 aromatic heterocycles. The molecule has 1 fully saturated rings. The van der Waals surface area contributed by atoms with Crippen molar-refractivity contribution >= 4 is 16.0 Å². The molecule has 1 aliphatic rings. The van der Waals surface area contributed by atoms with Gasteiger partial charge in [0, 0.05) is 25.8 Å². The van der Waals surface area contributed by atoms with Gasteiger partial charge >= 0.3 is 5.97 Å². The van der Waals surface area contributed by atoms with Crippen LogP contribution in [0.25, 0.3) is 0 Å². The highest BCUT2D eigenvalue weighted by molar-refractivity contribution is 7.89. The number of nitrogens with zero attached hydrogens (tertiary/aromatic N) is 3. The van der Waals surface area contributed by atoms with E-state index in [2.05, 4.69) is 4.98 Å². The molecular weight excluding hydrogens is 294 g/mol. The zero-order valence-corrected chi connectivity index (χ0v) is 13.4. The van der Waals surface area contributed by atoms with Crippen LogP contribution in [0.2, 0.25) is 0 Å². The van der Waals surface area contributed by atoms with Gasteiger partial charge in [0.2, 0.25) is 0 Å². The van der Waals surface area contributed by atoms with E-state index >= 15 is 0 Å². The summed E-state index contributed by atoms with van der Waals surface area (Å²) in [6, 6.07) is 0. The number of piperidine rings is 1. The monoisotopic (exact) mass is 315 g/mol. The first kappa shape index (κ1) is 16.0. The zero-order valence-electron chi connectivity index (χ0n) is 12.6. The fourth-order valence-corrected chi connectivity index (χ4v) is 4.09. The largest absolute Gasteiger partial charge is 0.469 e. The average molecular weight is 315 g/mol. The zero-order chi connectivity index (χ0) is 15.6. The molecule has 0 bridgehead atoms. The number of hydrogen-bond acceptors (Lipinski definition) is 5. The maximum Gasteiger partial charge on any atom is 0.309 e. The number of esters is 1. The number of aromatic nitrogens is 2. The quantitative estimate of drug-likeness (QED) is 0.767. The van der Waals surface area contributed by atoms with Gasteiger partial charge in [-0.05, 0) is 26.7 Å². The van der Waals surface area contributed by atoms with Crippen LogP contribution in [0, 0.1) is 12.8 Å². The molecule has 0 spiro atoms. The lowest BCUT2D eigenvalue weighted by molar-refractivity contribution is -0.146. The van der Waals surface area contributed by atoms with E-state index in [1.54, 1.807) is 17.7 Å². The lowest BCUT2D eigenvalue weighted by Crippen LogP contribution is -2.42. The van der Waals surface area contributed by atoms with Crippen molar-refractivity contribution in [1.82, 2.24) is 13.9 Å². The van der Waals surface area contributed by atoms with E-state index in [9.17, 15) is 13.2 Å². The van der Waals surface area contributed by atoms with Crippen molar-refractivity contribution in [3.05, 3.63) is 12.0 Å². The summed E-state index contributed by atoms with van der Waals surface area (Å²) < 4.78 is 33.1. The summed E-state index contributed by atoms with van der Waals surface area (Å²) in [6.07, 6.45) is 2.85. The van der Waals surface area contributed by atoms with Crippen molar-refractivity contribution < 1.29 is 17.9 Å². The smallest absolute Gasteiger partial charge is 0.309 e. The first-order chi connectivity index (χ1) is 9.90. The van der Waals surface area contributed by atoms with Gasteiger partial charge in [-0.1, -0.05) is 0 Å². The number of ether oxygens (including phenoxy) is 1. The number of sulfonamides is 1. The maximum absolute atomic E-state index is 12.6. The minimum Gasteiger partial charge on any atom is -0.469 e. The van der Waals surface area contributed by atoms with E-state index in [4.69, 9.17) is 4.74 Å². The first-order valence-electron chi connectivity index (χ1n) is 7.02. The van der Waals surface area contributed by atoms with Crippen LogP contribution in [0.1, 0.15) is 25.6 Å². The third kappa shape index (κ3) is 3.11. The molecule has 0 saturated carbocycles. The van der Waals surface area contributed by atoms with Crippen LogP contribution in [0.15, 0.2) is 11.2 Å². The highest BCUT2D eigenvalue weighted by atomic mass is 32.2. The van der Waals surface area contributed by atoms with Crippen molar-refractivity contribution in [3.8, 4) is 0 Å². The molecule has 0 N–H and O–H groups in total. The fraction of sp³-hybridized carbons (Fsp3) is 0.692. The summed E-state index contributed by atoms with van der Waals surface area (Å²) in [5.74, 6) is -0.0874. The van der Waals surface area contributed by atoms with Gasteiger partial charge in [0.1, 0.15) is 5.82 Å². The summed E-state index contributed by atoms with van der Waals surface area (Å²) in [5.41, 5.74) is 0. The van der Waals surface area contributed by atoms with Gasteiger partial charge in [-0.15, -0.1) is 0 Å². The van der Waals surface area contributed by atoms with Crippen LogP contribution in [-0.4, -0.2) is 48.4 Å². The molecule has 2 heterocycles. The van der Waals surface area contributed by atoms with Gasteiger partial charge in [-0.25, -0.2) is 13.4 Å². The molecule has 1 aromatic rings. The maximum atomic E-state index is 12.6. The molecule has 1 aliphatic heterocycles. The Labute approximate surface area is 125 Å². The fourth-order valence-electron chi connectivity index (χ4n) is 2.58. The number of carbonyl (C=O) groups excluding carboxylic acids is 1. The summed E-state index contributed by atoms with van der Waals surface area (Å²) in [5, 5.41) is 0.0485. The van der Waals surface area contributed by atoms with Crippen LogP contribution in [0.5, 0.6) is 0 Å². The minimum atomic E-state index is -3.65. The van der Waals surface area contributed by atoms with Gasteiger partial charge in [-0.3, -0.25) is 4.79 Å². The highest BCUT2D eigenvalue weighted by Crippen LogP contribution is 2.24. The van der Waals surface area contributed by atoms with Crippen molar-refractivity contribution in [3.63, 3.8) is 0 Å². The molecule has 0 aliphatic carbocycles. The van der Waals surface area contributed by atoms with E-state index in [0.717, 1.165) is 0 Å². The van der Waals surface area contributed by atoms with Crippen molar-refractivity contribution in [2.45, 2.75) is 38.3 Å². The predicted molar refractivity (Wildman–Crippen MR) is 76.1 cm³/mol. The van der Waals surface area contributed by atoms with Crippen molar-refractivity contribution in [2.75, 3.05) is 20.2 Å². The van der Waals surface area contributed by atoms with E-state index in [1.165, 1.54) is 11.4 Å². The predicted octanol–water partition coefficient (Wildman–Crippen LogP) is 0.785. The molecule has 21 heavy (non-hydrogen) atoms. The standard InChI is InChI=1S/C13H21N3O4S/c1-4-15-9-12(14-10(15)2)21(18,19)16-7-5-6-11(8-16)13(17)20-3/h9,11H,4-8H2,1-3H3/t11-/m0/s1. The van der Waals surface area contributed by atoms with E-state index < -0.39 is 15.9 Å². The second-order valence-corrected chi connectivity index (χ2v) is 7.02. The van der Waals surface area contributed by atoms with E-state index in [1.807, 2.05) is 6.92 Å². The molecular formula is C13H21N3O4S. The molecule has 2 rings (SSSR count). The number of hydrogen-bond donors (Lipinski definition) is 0. The second kappa shape index (κ2) is 6.15. The number of aryl methyl sites for hydroxylation is 2. The van der Waals surface area contributed by atoms with E-state index in [-0.39, 0.29) is 17.5 Å². The molecule has 8 heteroatoms. The molecule has 0 amide bonds. The number of rotatable bonds is 4. The Morgan fingerprint density at radius 2 is 2.24 bits per heavy atom. The van der Waals surface area contributed by atoms with Gasteiger partial charge in [-0.2, -0.15) is 4.31 Å². The molecule has 1 saturated heterocycles. The van der Waals surface area contributed by atoms with Gasteiger partial charge in [0.15, 0.2) is 5.03 Å². The average Bonchev–Trinajstić information content (AvgIpc) is 2.88. The minimum absolute atomic E-state index is 0.0485. The van der Waals surface area contributed by atoms with Gasteiger partial charge < -0.3 is 9.30 Å². The third-order valence-electron chi connectivity index (χ3n) is 3.82.